The summed E-state index contributed by atoms with van der Waals surface area (Å²) in [6.45, 7) is 18.7. The van der Waals surface area contributed by atoms with E-state index in [0.29, 0.717) is 24.0 Å². The average Bonchev–Trinajstić information content (AvgIpc) is 3.36. The number of nitrogens with zero attached hydrogens (tertiary/aromatic N) is 1. The van der Waals surface area contributed by atoms with Crippen molar-refractivity contribution in [3.05, 3.63) is 47.4 Å². The number of benzene rings is 1. The third-order valence-electron chi connectivity index (χ3n) is 7.24. The second-order valence-electron chi connectivity index (χ2n) is 10.9. The summed E-state index contributed by atoms with van der Waals surface area (Å²) >= 11 is 1.70. The van der Waals surface area contributed by atoms with Gasteiger partial charge in [0.25, 0.3) is 0 Å². The quantitative estimate of drug-likeness (QED) is 0.0906. The van der Waals surface area contributed by atoms with Gasteiger partial charge in [-0.2, -0.15) is 0 Å². The van der Waals surface area contributed by atoms with Gasteiger partial charge in [-0.25, -0.2) is 0 Å². The van der Waals surface area contributed by atoms with Crippen LogP contribution in [0, 0.1) is 5.92 Å². The highest BCUT2D eigenvalue weighted by Gasteiger charge is 2.18. The lowest BCUT2D eigenvalue weighted by molar-refractivity contribution is -0.117. The van der Waals surface area contributed by atoms with Crippen LogP contribution in [-0.4, -0.2) is 37.0 Å². The SMILES string of the molecule is C=C(CCC(CCCCCCCC)CNC(=O)C(=C)CN1CCCC1)Sc1cc(C(C)C)ccc1N. The molecule has 0 spiro atoms. The van der Waals surface area contributed by atoms with Crippen LogP contribution in [0.3, 0.4) is 0 Å². The lowest BCUT2D eigenvalue weighted by Gasteiger charge is -2.20. The van der Waals surface area contributed by atoms with Crippen LogP contribution in [0.15, 0.2) is 46.7 Å². The Labute approximate surface area is 225 Å². The van der Waals surface area contributed by atoms with Crippen molar-refractivity contribution in [2.75, 3.05) is 31.9 Å². The number of carbonyl (C=O) groups excluding carboxylic acids is 1. The zero-order valence-corrected chi connectivity index (χ0v) is 24.1. The van der Waals surface area contributed by atoms with E-state index in [1.807, 2.05) is 6.07 Å². The molecule has 202 valence electrons. The van der Waals surface area contributed by atoms with E-state index in [-0.39, 0.29) is 5.91 Å². The van der Waals surface area contributed by atoms with Crippen LogP contribution in [0.5, 0.6) is 0 Å². The molecule has 5 heteroatoms. The highest BCUT2D eigenvalue weighted by atomic mass is 32.2. The summed E-state index contributed by atoms with van der Waals surface area (Å²) in [6.07, 6.45) is 13.3. The number of nitrogens with one attached hydrogen (secondary N) is 1. The van der Waals surface area contributed by atoms with Gasteiger partial charge in [0.2, 0.25) is 5.91 Å². The number of carbonyl (C=O) groups is 1. The van der Waals surface area contributed by atoms with Crippen LogP contribution in [0.2, 0.25) is 0 Å². The lowest BCUT2D eigenvalue weighted by Crippen LogP contribution is -2.34. The summed E-state index contributed by atoms with van der Waals surface area (Å²) < 4.78 is 0. The van der Waals surface area contributed by atoms with E-state index < -0.39 is 0 Å². The molecule has 1 atom stereocenters. The van der Waals surface area contributed by atoms with E-state index in [1.165, 1.54) is 56.9 Å². The number of nitrogen functional groups attached to an aromatic ring is 1. The first-order valence-corrected chi connectivity index (χ1v) is 15.0. The van der Waals surface area contributed by atoms with Crippen LogP contribution in [0.1, 0.15) is 103 Å². The van der Waals surface area contributed by atoms with Crippen molar-refractivity contribution in [3.63, 3.8) is 0 Å². The molecule has 1 unspecified atom stereocenters. The molecule has 0 aromatic heterocycles. The Morgan fingerprint density at radius 3 is 2.47 bits per heavy atom. The van der Waals surface area contributed by atoms with E-state index >= 15 is 0 Å². The standard InChI is InChI=1S/C31H51N3OS/c1-6-7-8-9-10-11-14-27(22-33-31(35)25(4)23-34-19-12-13-20-34)16-15-26(5)36-30-21-28(24(2)3)17-18-29(30)32/h17-18,21,24,27H,4-16,19-20,22-23,32H2,1-3H3,(H,33,35). The Morgan fingerprint density at radius 2 is 1.78 bits per heavy atom. The third kappa shape index (κ3) is 11.6. The molecular weight excluding hydrogens is 462 g/mol. The maximum absolute atomic E-state index is 12.7. The van der Waals surface area contributed by atoms with Gasteiger partial charge in [0.05, 0.1) is 0 Å². The monoisotopic (exact) mass is 513 g/mol. The molecule has 1 aliphatic rings. The molecule has 3 N–H and O–H groups in total. The Hall–Kier alpha value is -1.72. The Morgan fingerprint density at radius 1 is 1.08 bits per heavy atom. The molecule has 0 aliphatic carbocycles. The summed E-state index contributed by atoms with van der Waals surface area (Å²) in [5.41, 5.74) is 9.07. The fourth-order valence-corrected chi connectivity index (χ4v) is 5.69. The molecule has 0 bridgehead atoms. The fourth-order valence-electron chi connectivity index (χ4n) is 4.78. The van der Waals surface area contributed by atoms with Crippen LogP contribution in [0.25, 0.3) is 0 Å². The molecule has 1 aromatic carbocycles. The van der Waals surface area contributed by atoms with Gasteiger partial charge in [0.15, 0.2) is 0 Å². The van der Waals surface area contributed by atoms with Gasteiger partial charge >= 0.3 is 0 Å². The van der Waals surface area contributed by atoms with Crippen molar-refractivity contribution in [1.29, 1.82) is 0 Å². The van der Waals surface area contributed by atoms with Crippen molar-refractivity contribution in [2.24, 2.45) is 5.92 Å². The van der Waals surface area contributed by atoms with Gasteiger partial charge in [-0.1, -0.05) is 90.3 Å². The van der Waals surface area contributed by atoms with Crippen molar-refractivity contribution in [1.82, 2.24) is 10.2 Å². The number of allylic oxidation sites excluding steroid dienone is 1. The van der Waals surface area contributed by atoms with Gasteiger partial charge in [-0.05, 0) is 79.6 Å². The topological polar surface area (TPSA) is 58.4 Å². The molecule has 1 saturated heterocycles. The first kappa shape index (κ1) is 30.5. The number of unbranched alkanes of at least 4 members (excludes halogenated alkanes) is 5. The zero-order chi connectivity index (χ0) is 26.3. The number of thioether (sulfide) groups is 1. The van der Waals surface area contributed by atoms with Gasteiger partial charge in [-0.3, -0.25) is 9.69 Å². The highest BCUT2D eigenvalue weighted by Crippen LogP contribution is 2.35. The zero-order valence-electron chi connectivity index (χ0n) is 23.2. The van der Waals surface area contributed by atoms with Crippen molar-refractivity contribution >= 4 is 23.4 Å². The molecule has 1 aliphatic heterocycles. The van der Waals surface area contributed by atoms with E-state index in [4.69, 9.17) is 5.73 Å². The molecular formula is C31H51N3OS. The first-order valence-electron chi connectivity index (χ1n) is 14.2. The first-order chi connectivity index (χ1) is 17.3. The number of likely N-dealkylation sites (tertiary alicyclic amines) is 1. The fraction of sp³-hybridized carbons (Fsp3) is 0.645. The van der Waals surface area contributed by atoms with Gasteiger partial charge < -0.3 is 11.1 Å². The van der Waals surface area contributed by atoms with E-state index in [9.17, 15) is 4.79 Å². The van der Waals surface area contributed by atoms with Gasteiger partial charge in [0.1, 0.15) is 0 Å². The summed E-state index contributed by atoms with van der Waals surface area (Å²) in [5.74, 6) is 0.946. The van der Waals surface area contributed by atoms with E-state index in [1.54, 1.807) is 11.8 Å². The predicted molar refractivity (Wildman–Crippen MR) is 158 cm³/mol. The number of amides is 1. The van der Waals surface area contributed by atoms with Crippen molar-refractivity contribution in [3.8, 4) is 0 Å². The van der Waals surface area contributed by atoms with Crippen LogP contribution in [-0.2, 0) is 4.79 Å². The highest BCUT2D eigenvalue weighted by molar-refractivity contribution is 8.03. The molecule has 2 rings (SSSR count). The normalized spacial score (nSPS) is 14.8. The lowest BCUT2D eigenvalue weighted by atomic mass is 9.95. The van der Waals surface area contributed by atoms with Gasteiger partial charge in [-0.15, -0.1) is 0 Å². The summed E-state index contributed by atoms with van der Waals surface area (Å²) in [7, 11) is 0. The summed E-state index contributed by atoms with van der Waals surface area (Å²) in [4.78, 5) is 17.3. The van der Waals surface area contributed by atoms with Gasteiger partial charge in [0, 0.05) is 29.2 Å². The van der Waals surface area contributed by atoms with E-state index in [0.717, 1.165) is 54.4 Å². The number of nitrogens with two attached hydrogens (primary N) is 1. The minimum absolute atomic E-state index is 0.0151. The smallest absolute Gasteiger partial charge is 0.247 e. The van der Waals surface area contributed by atoms with E-state index in [2.05, 4.69) is 56.3 Å². The average molecular weight is 514 g/mol. The molecule has 0 radical (unpaired) electrons. The molecule has 36 heavy (non-hydrogen) atoms. The molecule has 1 amide bonds. The minimum Gasteiger partial charge on any atom is -0.398 e. The van der Waals surface area contributed by atoms with Crippen LogP contribution in [0.4, 0.5) is 5.69 Å². The Bertz CT molecular complexity index is 829. The Kier molecular flexibility index (Phi) is 14.3. The predicted octanol–water partition coefficient (Wildman–Crippen LogP) is 7.91. The second-order valence-corrected chi connectivity index (χ2v) is 12.1. The van der Waals surface area contributed by atoms with Crippen molar-refractivity contribution in [2.45, 2.75) is 102 Å². The summed E-state index contributed by atoms with van der Waals surface area (Å²) in [6, 6.07) is 6.33. The number of rotatable bonds is 18. The summed E-state index contributed by atoms with van der Waals surface area (Å²) in [5, 5.41) is 3.20. The largest absolute Gasteiger partial charge is 0.398 e. The molecule has 1 fully saturated rings. The Balaban J connectivity index is 1.86. The van der Waals surface area contributed by atoms with Crippen LogP contribution >= 0.6 is 11.8 Å². The van der Waals surface area contributed by atoms with Crippen LogP contribution < -0.4 is 11.1 Å². The molecule has 0 saturated carbocycles. The second kappa shape index (κ2) is 16.9. The number of hydrogen-bond donors (Lipinski definition) is 2. The number of anilines is 1. The minimum atomic E-state index is 0.0151. The maximum Gasteiger partial charge on any atom is 0.247 e. The molecule has 1 aromatic rings. The third-order valence-corrected chi connectivity index (χ3v) is 8.31. The molecule has 1 heterocycles. The molecule has 4 nitrogen and oxygen atoms in total. The number of hydrogen-bond acceptors (Lipinski definition) is 4. The van der Waals surface area contributed by atoms with Crippen molar-refractivity contribution < 1.29 is 4.79 Å². The maximum atomic E-state index is 12.7.